The first-order valence-corrected chi connectivity index (χ1v) is 11.1. The molecule has 156 valence electrons. The van der Waals surface area contributed by atoms with Gasteiger partial charge in [-0.2, -0.15) is 9.57 Å². The fraction of sp³-hybridized carbons (Fsp3) is 0.350. The van der Waals surface area contributed by atoms with Crippen molar-refractivity contribution in [3.05, 3.63) is 54.4 Å². The summed E-state index contributed by atoms with van der Waals surface area (Å²) in [5.74, 6) is 0.283. The van der Waals surface area contributed by atoms with E-state index in [0.29, 0.717) is 18.8 Å². The summed E-state index contributed by atoms with van der Waals surface area (Å²) in [7, 11) is -3.54. The molecule has 30 heavy (non-hydrogen) atoms. The molecule has 2 aliphatic rings. The monoisotopic (exact) mass is 426 g/mol. The van der Waals surface area contributed by atoms with E-state index in [-0.39, 0.29) is 29.6 Å². The fourth-order valence-corrected chi connectivity index (χ4v) is 5.10. The topological polar surface area (TPSA) is 120 Å². The number of benzene rings is 1. The van der Waals surface area contributed by atoms with Crippen LogP contribution in [0.5, 0.6) is 0 Å². The van der Waals surface area contributed by atoms with Crippen molar-refractivity contribution in [3.63, 3.8) is 0 Å². The molecule has 0 radical (unpaired) electrons. The molecule has 2 aliphatic heterocycles. The van der Waals surface area contributed by atoms with Crippen LogP contribution in [0.15, 0.2) is 58.7 Å². The number of hydrogen-bond donors (Lipinski definition) is 2. The molecule has 4 rings (SSSR count). The average Bonchev–Trinajstić information content (AvgIpc) is 3.10. The van der Waals surface area contributed by atoms with E-state index < -0.39 is 10.0 Å². The predicted octanol–water partition coefficient (Wildman–Crippen LogP) is 1.67. The van der Waals surface area contributed by atoms with E-state index >= 15 is 0 Å². The Morgan fingerprint density at radius 3 is 2.60 bits per heavy atom. The minimum Gasteiger partial charge on any atom is -0.372 e. The van der Waals surface area contributed by atoms with Gasteiger partial charge in [0.25, 0.3) is 0 Å². The van der Waals surface area contributed by atoms with E-state index in [2.05, 4.69) is 20.6 Å². The highest BCUT2D eigenvalue weighted by atomic mass is 32.2. The second-order valence-corrected chi connectivity index (χ2v) is 9.13. The summed E-state index contributed by atoms with van der Waals surface area (Å²) < 4.78 is 33.2. The molecule has 0 aliphatic carbocycles. The zero-order valence-electron chi connectivity index (χ0n) is 16.2. The van der Waals surface area contributed by atoms with Crippen LogP contribution in [0.3, 0.4) is 0 Å². The summed E-state index contributed by atoms with van der Waals surface area (Å²) in [6.45, 7) is 1.10. The smallest absolute Gasteiger partial charge is 0.243 e. The molecule has 1 aromatic heterocycles. The molecule has 0 amide bonds. The van der Waals surface area contributed by atoms with Crippen LogP contribution in [-0.4, -0.2) is 49.0 Å². The van der Waals surface area contributed by atoms with E-state index in [1.54, 1.807) is 48.8 Å². The lowest BCUT2D eigenvalue weighted by atomic mass is 10.2. The molecule has 2 atom stereocenters. The van der Waals surface area contributed by atoms with Gasteiger partial charge >= 0.3 is 0 Å². The number of sulfonamides is 1. The average molecular weight is 427 g/mol. The van der Waals surface area contributed by atoms with Crippen molar-refractivity contribution in [2.45, 2.75) is 36.5 Å². The van der Waals surface area contributed by atoms with Crippen molar-refractivity contribution in [2.24, 2.45) is 4.99 Å². The maximum absolute atomic E-state index is 13.0. The Labute approximate surface area is 175 Å². The molecule has 3 heterocycles. The van der Waals surface area contributed by atoms with Crippen LogP contribution in [0.25, 0.3) is 0 Å². The third-order valence-electron chi connectivity index (χ3n) is 5.09. The predicted molar refractivity (Wildman–Crippen MR) is 111 cm³/mol. The number of morpholine rings is 1. The summed E-state index contributed by atoms with van der Waals surface area (Å²) in [5, 5.41) is 14.4. The highest BCUT2D eigenvalue weighted by Crippen LogP contribution is 2.30. The number of hydrogen-bond acceptors (Lipinski definition) is 6. The number of guanidine groups is 1. The van der Waals surface area contributed by atoms with Crippen molar-refractivity contribution in [3.8, 4) is 6.19 Å². The summed E-state index contributed by atoms with van der Waals surface area (Å²) in [4.78, 5) is 8.62. The van der Waals surface area contributed by atoms with Gasteiger partial charge in [0.1, 0.15) is 0 Å². The van der Waals surface area contributed by atoms with Gasteiger partial charge < -0.3 is 10.1 Å². The number of aliphatic imine (C=N–C) groups is 1. The van der Waals surface area contributed by atoms with Crippen molar-refractivity contribution in [1.29, 1.82) is 5.26 Å². The molecule has 2 saturated heterocycles. The van der Waals surface area contributed by atoms with Crippen LogP contribution in [0.4, 0.5) is 5.69 Å². The third-order valence-corrected chi connectivity index (χ3v) is 6.94. The Kier molecular flexibility index (Phi) is 5.94. The summed E-state index contributed by atoms with van der Waals surface area (Å²) in [6, 6.07) is 10.2. The van der Waals surface area contributed by atoms with Gasteiger partial charge in [-0.15, -0.1) is 0 Å². The number of nitrogens with zero attached hydrogens (tertiary/aromatic N) is 4. The van der Waals surface area contributed by atoms with E-state index in [4.69, 9.17) is 10.00 Å². The quantitative estimate of drug-likeness (QED) is 0.323. The Bertz CT molecular complexity index is 1040. The highest BCUT2D eigenvalue weighted by molar-refractivity contribution is 7.89. The number of nitrogens with one attached hydrogen (secondary N) is 2. The van der Waals surface area contributed by atoms with Gasteiger partial charge in [0.05, 0.1) is 35.5 Å². The number of anilines is 1. The van der Waals surface area contributed by atoms with Crippen LogP contribution in [-0.2, 0) is 21.3 Å². The fourth-order valence-electron chi connectivity index (χ4n) is 3.60. The first-order chi connectivity index (χ1) is 14.5. The lowest BCUT2D eigenvalue weighted by Gasteiger charge is -2.31. The Morgan fingerprint density at radius 2 is 1.97 bits per heavy atom. The number of nitriles is 1. The first kappa shape index (κ1) is 20.3. The number of pyridine rings is 1. The Hall–Kier alpha value is -3.00. The normalized spacial score (nSPS) is 21.8. The molecule has 2 bridgehead atoms. The van der Waals surface area contributed by atoms with Crippen molar-refractivity contribution >= 4 is 21.7 Å². The van der Waals surface area contributed by atoms with Gasteiger partial charge in [-0.3, -0.25) is 10.3 Å². The van der Waals surface area contributed by atoms with E-state index in [9.17, 15) is 8.42 Å². The third kappa shape index (κ3) is 4.59. The maximum Gasteiger partial charge on any atom is 0.243 e. The molecule has 2 fully saturated rings. The van der Waals surface area contributed by atoms with Gasteiger partial charge in [-0.05, 0) is 42.7 Å². The van der Waals surface area contributed by atoms with Gasteiger partial charge in [0.15, 0.2) is 6.19 Å². The molecule has 0 saturated carbocycles. The van der Waals surface area contributed by atoms with Crippen LogP contribution >= 0.6 is 0 Å². The lowest BCUT2D eigenvalue weighted by molar-refractivity contribution is -0.0114. The van der Waals surface area contributed by atoms with Crippen molar-refractivity contribution in [1.82, 2.24) is 14.6 Å². The molecule has 2 N–H and O–H groups in total. The molecular formula is C20H22N6O3S. The van der Waals surface area contributed by atoms with Crippen LogP contribution < -0.4 is 10.6 Å². The second-order valence-electron chi connectivity index (χ2n) is 7.19. The van der Waals surface area contributed by atoms with Crippen molar-refractivity contribution in [2.75, 3.05) is 18.4 Å². The molecule has 0 spiro atoms. The van der Waals surface area contributed by atoms with Gasteiger partial charge in [-0.25, -0.2) is 13.4 Å². The zero-order chi connectivity index (χ0) is 21.0. The van der Waals surface area contributed by atoms with Gasteiger partial charge in [0.2, 0.25) is 16.0 Å². The largest absolute Gasteiger partial charge is 0.372 e. The van der Waals surface area contributed by atoms with Crippen LogP contribution in [0, 0.1) is 11.5 Å². The second kappa shape index (κ2) is 8.79. The molecule has 0 unspecified atom stereocenters. The lowest BCUT2D eigenvalue weighted by Crippen LogP contribution is -2.45. The molecular weight excluding hydrogens is 404 g/mol. The molecule has 9 nitrogen and oxygen atoms in total. The number of aromatic nitrogens is 1. The number of ether oxygens (including phenoxy) is 1. The summed E-state index contributed by atoms with van der Waals surface area (Å²) in [5.41, 5.74) is 1.51. The Balaban J connectivity index is 1.43. The highest BCUT2D eigenvalue weighted by Gasteiger charge is 2.39. The van der Waals surface area contributed by atoms with Crippen LogP contribution in [0.1, 0.15) is 18.4 Å². The van der Waals surface area contributed by atoms with E-state index in [1.807, 2.05) is 6.19 Å². The van der Waals surface area contributed by atoms with E-state index in [1.165, 1.54) is 4.31 Å². The standard InChI is InChI=1S/C20H22N6O3S/c21-14-24-20(25-16-2-1-9-22-11-16)23-10-15-3-7-19(8-4-15)30(27,28)26-12-17-5-6-18(13-26)29-17/h1-4,7-9,11,17-18H,5-6,10,12-13H2,(H2,23,24,25)/t17-,18+. The van der Waals surface area contributed by atoms with E-state index in [0.717, 1.165) is 18.4 Å². The van der Waals surface area contributed by atoms with Gasteiger partial charge in [0, 0.05) is 19.3 Å². The SMILES string of the molecule is N#CNC(=NCc1ccc(S(=O)(=O)N2C[C@H]3CC[C@@H](C2)O3)cc1)Nc1cccnc1. The Morgan fingerprint density at radius 1 is 1.23 bits per heavy atom. The molecule has 1 aromatic carbocycles. The van der Waals surface area contributed by atoms with Gasteiger partial charge in [-0.1, -0.05) is 12.1 Å². The first-order valence-electron chi connectivity index (χ1n) is 9.66. The minimum absolute atomic E-state index is 0.00510. The summed E-state index contributed by atoms with van der Waals surface area (Å²) >= 11 is 0. The number of fused-ring (bicyclic) bond motifs is 2. The van der Waals surface area contributed by atoms with Crippen LogP contribution in [0.2, 0.25) is 0 Å². The molecule has 10 heteroatoms. The molecule has 2 aromatic rings. The van der Waals surface area contributed by atoms with Crippen molar-refractivity contribution < 1.29 is 13.2 Å². The zero-order valence-corrected chi connectivity index (χ0v) is 17.0. The maximum atomic E-state index is 13.0. The summed E-state index contributed by atoms with van der Waals surface area (Å²) in [6.07, 6.45) is 6.95. The number of rotatable bonds is 5. The minimum atomic E-state index is -3.54.